The molecule has 4 heterocycles. The van der Waals surface area contributed by atoms with Gasteiger partial charge in [0.15, 0.2) is 0 Å². The minimum absolute atomic E-state index is 0. The summed E-state index contributed by atoms with van der Waals surface area (Å²) in [5, 5.41) is 56.8. The fourth-order valence-electron chi connectivity index (χ4n) is 3.23. The Morgan fingerprint density at radius 1 is 0.742 bits per heavy atom. The van der Waals surface area contributed by atoms with Crippen molar-refractivity contribution in [2.75, 3.05) is 13.2 Å². The summed E-state index contributed by atoms with van der Waals surface area (Å²) in [7, 11) is 0. The SMILES string of the molecule is O.O.O=C(O)[C@@H]1[O][Sb]2([O][Sb]34[O][C@H]([C@H](O)CO)[C@H]([O]3)[C@H](C(=O)O)[O]4)[O][C@H]([C@H](O)CO)[C@@H]1[O]2. The number of fused-ring (bicyclic) bond motifs is 4. The van der Waals surface area contributed by atoms with E-state index >= 15 is 0 Å². The maximum absolute atomic E-state index is 11.5. The summed E-state index contributed by atoms with van der Waals surface area (Å²) < 4.78 is 38.5. The molecule has 2 unspecified atom stereocenters. The summed E-state index contributed by atoms with van der Waals surface area (Å²) in [6, 6.07) is 0. The van der Waals surface area contributed by atoms with Crippen molar-refractivity contribution in [2.45, 2.75) is 48.8 Å². The molecule has 10 atom stereocenters. The van der Waals surface area contributed by atoms with E-state index in [0.717, 1.165) is 0 Å². The Morgan fingerprint density at radius 3 is 1.39 bits per heavy atom. The molecule has 4 rings (SSSR count). The van der Waals surface area contributed by atoms with Crippen LogP contribution >= 0.6 is 0 Å². The van der Waals surface area contributed by atoms with Gasteiger partial charge in [-0.25, -0.2) is 0 Å². The molecule has 2 radical (unpaired) electrons. The van der Waals surface area contributed by atoms with Crippen LogP contribution in [0.2, 0.25) is 0 Å². The molecule has 0 aromatic rings. The van der Waals surface area contributed by atoms with Crippen molar-refractivity contribution in [1.29, 1.82) is 0 Å². The number of aliphatic hydroxyl groups is 4. The van der Waals surface area contributed by atoms with Crippen molar-refractivity contribution >= 4 is 52.9 Å². The van der Waals surface area contributed by atoms with Crippen molar-refractivity contribution in [2.24, 2.45) is 0 Å². The molecule has 0 saturated carbocycles. The second-order valence-electron chi connectivity index (χ2n) is 6.48. The summed E-state index contributed by atoms with van der Waals surface area (Å²) >= 11 is -10.3. The molecule has 182 valence electrons. The average Bonchev–Trinajstić information content (AvgIpc) is 3.42. The molecule has 31 heavy (non-hydrogen) atoms. The summed E-state index contributed by atoms with van der Waals surface area (Å²) in [4.78, 5) is 22.9. The molecule has 0 spiro atoms. The number of carbonyl (C=O) groups is 2. The molecule has 19 heteroatoms. The molecule has 4 bridgehead atoms. The fraction of sp³-hybridized carbons (Fsp3) is 0.833. The zero-order valence-electron chi connectivity index (χ0n) is 15.3. The van der Waals surface area contributed by atoms with Crippen molar-refractivity contribution in [3.8, 4) is 0 Å². The van der Waals surface area contributed by atoms with Gasteiger partial charge in [-0.3, -0.25) is 0 Å². The summed E-state index contributed by atoms with van der Waals surface area (Å²) in [6.45, 7) is -1.50. The quantitative estimate of drug-likeness (QED) is 0.130. The van der Waals surface area contributed by atoms with Crippen LogP contribution in [-0.2, 0) is 29.0 Å². The second-order valence-corrected chi connectivity index (χ2v) is 18.8. The van der Waals surface area contributed by atoms with Gasteiger partial charge in [-0.2, -0.15) is 0 Å². The van der Waals surface area contributed by atoms with Crippen molar-refractivity contribution in [1.82, 2.24) is 0 Å². The predicted octanol–water partition coefficient (Wildman–Crippen LogP) is -6.53. The van der Waals surface area contributed by atoms with Gasteiger partial charge in [0.05, 0.1) is 0 Å². The first kappa shape index (κ1) is 27.3. The van der Waals surface area contributed by atoms with Crippen LogP contribution in [-0.4, -0.2) is 157 Å². The van der Waals surface area contributed by atoms with Crippen LogP contribution in [0, 0.1) is 0 Å². The average molecular weight is 682 g/mol. The predicted molar refractivity (Wildman–Crippen MR) is 90.5 cm³/mol. The van der Waals surface area contributed by atoms with Gasteiger partial charge >= 0.3 is 175 Å². The van der Waals surface area contributed by atoms with Crippen LogP contribution in [0.5, 0.6) is 0 Å². The van der Waals surface area contributed by atoms with E-state index < -0.39 is 115 Å². The molecule has 0 aromatic heterocycles. The molecule has 4 fully saturated rings. The number of aliphatic carboxylic acids is 2. The first-order valence-corrected chi connectivity index (χ1v) is 16.6. The number of hydrogen-bond acceptors (Lipinski definition) is 13. The number of rotatable bonds is 8. The molecule has 0 aliphatic carbocycles. The van der Waals surface area contributed by atoms with Crippen molar-refractivity contribution < 1.29 is 70.6 Å². The van der Waals surface area contributed by atoms with E-state index in [2.05, 4.69) is 0 Å². The third-order valence-corrected chi connectivity index (χ3v) is 21.8. The first-order valence-electron chi connectivity index (χ1n) is 8.27. The van der Waals surface area contributed by atoms with E-state index in [9.17, 15) is 30.0 Å². The number of aliphatic hydroxyl groups excluding tert-OH is 4. The van der Waals surface area contributed by atoms with E-state index in [1.54, 1.807) is 0 Å². The van der Waals surface area contributed by atoms with Crippen LogP contribution in [0.15, 0.2) is 0 Å². The molecular weight excluding hydrogens is 660 g/mol. The minimum atomic E-state index is -5.13. The van der Waals surface area contributed by atoms with Crippen LogP contribution in [0.4, 0.5) is 0 Å². The van der Waals surface area contributed by atoms with Gasteiger partial charge in [-0.1, -0.05) is 0 Å². The van der Waals surface area contributed by atoms with Crippen LogP contribution < -0.4 is 0 Å². The van der Waals surface area contributed by atoms with Gasteiger partial charge in [-0.15, -0.1) is 0 Å². The Bertz CT molecular complexity index is 640. The Kier molecular flexibility index (Phi) is 8.57. The van der Waals surface area contributed by atoms with Crippen LogP contribution in [0.1, 0.15) is 0 Å². The first-order chi connectivity index (χ1) is 13.6. The molecular formula is C12H22O17Sb2. The molecule has 0 aromatic carbocycles. The Balaban J connectivity index is 0.00000171. The molecule has 0 amide bonds. The van der Waals surface area contributed by atoms with Gasteiger partial charge < -0.3 is 11.0 Å². The van der Waals surface area contributed by atoms with Crippen molar-refractivity contribution in [3.63, 3.8) is 0 Å². The third kappa shape index (κ3) is 4.56. The topological polar surface area (TPSA) is 283 Å². The van der Waals surface area contributed by atoms with Gasteiger partial charge in [0.25, 0.3) is 0 Å². The number of hydrogen-bond donors (Lipinski definition) is 6. The maximum atomic E-state index is 11.5. The molecule has 10 N–H and O–H groups in total. The monoisotopic (exact) mass is 680 g/mol. The van der Waals surface area contributed by atoms with E-state index in [1.807, 2.05) is 0 Å². The van der Waals surface area contributed by atoms with Crippen LogP contribution in [0.3, 0.4) is 0 Å². The zero-order chi connectivity index (χ0) is 21.1. The summed E-state index contributed by atoms with van der Waals surface area (Å²) in [5.41, 5.74) is 0. The summed E-state index contributed by atoms with van der Waals surface area (Å²) in [5.74, 6) is -2.84. The zero-order valence-corrected chi connectivity index (χ0v) is 20.4. The molecule has 4 saturated heterocycles. The van der Waals surface area contributed by atoms with E-state index in [0.29, 0.717) is 0 Å². The molecule has 4 aliphatic heterocycles. The van der Waals surface area contributed by atoms with E-state index in [4.69, 9.17) is 29.6 Å². The molecule has 4 aliphatic rings. The Hall–Kier alpha value is 0.0564. The normalized spacial score (nSPS) is 44.4. The van der Waals surface area contributed by atoms with Crippen molar-refractivity contribution in [3.05, 3.63) is 0 Å². The number of carboxylic acids is 2. The number of carboxylic acid groups (broad SMARTS) is 2. The van der Waals surface area contributed by atoms with Gasteiger partial charge in [0, 0.05) is 0 Å². The van der Waals surface area contributed by atoms with E-state index in [-0.39, 0.29) is 11.0 Å². The molecule has 17 nitrogen and oxygen atoms in total. The Morgan fingerprint density at radius 2 is 1.10 bits per heavy atom. The third-order valence-electron chi connectivity index (χ3n) is 4.55. The van der Waals surface area contributed by atoms with Gasteiger partial charge in [-0.05, 0) is 0 Å². The van der Waals surface area contributed by atoms with Crippen LogP contribution in [0.25, 0.3) is 0 Å². The van der Waals surface area contributed by atoms with E-state index in [1.165, 1.54) is 0 Å². The second kappa shape index (κ2) is 9.73. The van der Waals surface area contributed by atoms with Gasteiger partial charge in [0.1, 0.15) is 0 Å². The Labute approximate surface area is 185 Å². The van der Waals surface area contributed by atoms with Gasteiger partial charge in [0.2, 0.25) is 0 Å². The summed E-state index contributed by atoms with van der Waals surface area (Å²) in [6.07, 6.45) is -11.2. The fourth-order valence-corrected chi connectivity index (χ4v) is 23.5. The standard InChI is InChI=1S/2C6H9O7.2H2O.O.2Sb/c2*7-1-2(8)3(9)4(10)5(11)6(12)13;;;;;/h2*2-5,7-8H,1H2,(H,12,13);2*1H2;;;/q2*-3;;;;2*+3/t2*2-,3-,4+,5-;;;;;/m11...../s1.